The lowest BCUT2D eigenvalue weighted by atomic mass is 9.87. The van der Waals surface area contributed by atoms with E-state index in [0.717, 1.165) is 100 Å². The van der Waals surface area contributed by atoms with Crippen LogP contribution in [0.15, 0.2) is 201 Å². The van der Waals surface area contributed by atoms with Gasteiger partial charge in [-0.2, -0.15) is 0 Å². The molecule has 1 saturated carbocycles. The van der Waals surface area contributed by atoms with Crippen LogP contribution in [0.3, 0.4) is 0 Å². The number of amides is 12. The highest BCUT2D eigenvalue weighted by Crippen LogP contribution is 2.46. The second kappa shape index (κ2) is 44.5. The number of nitrogens with zero attached hydrogens (tertiary/aromatic N) is 8. The van der Waals surface area contributed by atoms with Crippen LogP contribution in [-0.4, -0.2) is 246 Å². The van der Waals surface area contributed by atoms with Gasteiger partial charge in [0.2, 0.25) is 53.2 Å². The standard InChI is InChI=1S/C96H105N17O18S2/c1-61(114)104-75(53-83(120)121)89(123)101-59-113-82(119)36-44-111(94(113)127)76-51-63(27-32-77(76)128-4)20-17-40-103-95(2)38-45-109(46-39-95)66-34-42-110(43-35-66)93-106-73-31-28-64(72-57-108(3)90(124)84-70(72)33-41-97-84)52-71(73)87(107-93)96(131-67-29-30-67,65-21-11-6-12-22-65)58-130-60-102-80(117)55-100-88(122)74(50-62-18-9-5-10-19-62)105-81(118)56-99-79(116)54-98-78(115)37-48-129-49-47-112-91(125)85(132-68-23-13-7-14-24-68)86(92(112)126)133-69-25-15-8-16-26-69/h5-16,18-19,21-28,31-33,41,51-52,57,66-67,74-75,97,103H,29-30,34-40,42-50,53-56,58-60H2,1-4H3,(H,98,115)(H,99,116)(H,100,122)(H,101,123)(H,102,117)(H,104,114)(H,105,118)(H,120,121)/t74-,75-,96-/m0/s1. The average molecular weight is 1850 g/mol. The van der Waals surface area contributed by atoms with Crippen LogP contribution < -0.4 is 62.6 Å². The number of hydrogen-bond acceptors (Lipinski definition) is 24. The maximum Gasteiger partial charge on any atom is 0.332 e. The molecule has 4 aliphatic heterocycles. The molecule has 9 aromatic rings. The number of piperidine rings is 2. The molecule has 35 nitrogen and oxygen atoms in total. The van der Waals surface area contributed by atoms with Gasteiger partial charge in [0.25, 0.3) is 17.4 Å². The molecule has 0 unspecified atom stereocenters. The number of nitrogens with one attached hydrogen (secondary N) is 9. The minimum Gasteiger partial charge on any atom is -0.495 e. The fourth-order valence-corrected chi connectivity index (χ4v) is 18.3. The number of hydrogen-bond donors (Lipinski definition) is 10. The van der Waals surface area contributed by atoms with Crippen LogP contribution in [0.5, 0.6) is 5.75 Å². The van der Waals surface area contributed by atoms with Crippen LogP contribution in [-0.2, 0) is 86.0 Å². The number of carboxylic acid groups (broad SMARTS) is 1. The van der Waals surface area contributed by atoms with E-state index in [1.807, 2.05) is 121 Å². The molecule has 0 spiro atoms. The highest BCUT2D eigenvalue weighted by molar-refractivity contribution is 8.08. The number of urea groups is 1. The number of fused-ring (bicyclic) bond motifs is 2. The van der Waals surface area contributed by atoms with Crippen molar-refractivity contribution < 1.29 is 81.6 Å². The lowest BCUT2D eigenvalue weighted by Crippen LogP contribution is -2.57. The highest BCUT2D eigenvalue weighted by Gasteiger charge is 2.46. The van der Waals surface area contributed by atoms with Gasteiger partial charge in [0.05, 0.1) is 98.9 Å². The zero-order chi connectivity index (χ0) is 93.7. The summed E-state index contributed by atoms with van der Waals surface area (Å²) in [7, 11) is 3.16. The lowest BCUT2D eigenvalue weighted by molar-refractivity contribution is -0.141. The van der Waals surface area contributed by atoms with Crippen molar-refractivity contribution in [3.63, 3.8) is 0 Å². The minimum atomic E-state index is -1.43. The Kier molecular flexibility index (Phi) is 32.0. The molecule has 37 heteroatoms. The Morgan fingerprint density at radius 2 is 1.31 bits per heavy atom. The first-order valence-corrected chi connectivity index (χ1v) is 45.6. The van der Waals surface area contributed by atoms with Crippen LogP contribution in [0.25, 0.3) is 32.9 Å². The van der Waals surface area contributed by atoms with E-state index < -0.39 is 121 Å². The normalized spacial score (nSPS) is 16.2. The number of aryl methyl sites for hydroxylation is 1. The number of benzene rings is 6. The number of aliphatic carboxylic acids is 1. The first kappa shape index (κ1) is 95.5. The lowest BCUT2D eigenvalue weighted by Gasteiger charge is -2.45. The molecular formula is C96H105N17O18S2. The molecule has 133 heavy (non-hydrogen) atoms. The number of ether oxygens (including phenoxy) is 4. The molecule has 5 aliphatic rings. The number of carboxylic acids is 1. The number of thioether (sulfide) groups is 2. The van der Waals surface area contributed by atoms with Gasteiger partial charge in [-0.3, -0.25) is 67.3 Å². The van der Waals surface area contributed by atoms with Gasteiger partial charge in [-0.05, 0) is 123 Å². The highest BCUT2D eigenvalue weighted by atomic mass is 32.2. The molecule has 14 rings (SSSR count). The predicted molar refractivity (Wildman–Crippen MR) is 497 cm³/mol. The third-order valence-corrected chi connectivity index (χ3v) is 25.9. The van der Waals surface area contributed by atoms with Gasteiger partial charge in [0.1, 0.15) is 36.7 Å². The summed E-state index contributed by atoms with van der Waals surface area (Å²) in [6, 6.07) is 47.0. The zero-order valence-electron chi connectivity index (χ0n) is 74.0. The van der Waals surface area contributed by atoms with Crippen molar-refractivity contribution in [2.24, 2.45) is 7.05 Å². The third-order valence-electron chi connectivity index (χ3n) is 23.5. The molecule has 6 aromatic carbocycles. The summed E-state index contributed by atoms with van der Waals surface area (Å²) in [6.07, 6.45) is 7.28. The second-order valence-corrected chi connectivity index (χ2v) is 35.2. The average Bonchev–Trinajstić information content (AvgIpc) is 1.48. The van der Waals surface area contributed by atoms with Crippen molar-refractivity contribution in [2.75, 3.05) is 116 Å². The van der Waals surface area contributed by atoms with E-state index in [1.54, 1.807) is 66.3 Å². The van der Waals surface area contributed by atoms with Gasteiger partial charge in [-0.15, -0.1) is 0 Å². The summed E-state index contributed by atoms with van der Waals surface area (Å²) in [6.45, 7) is 3.83. The number of imide groups is 2. The fourth-order valence-electron chi connectivity index (χ4n) is 16.3. The Bertz CT molecular complexity index is 5900. The first-order valence-electron chi connectivity index (χ1n) is 43.9. The van der Waals surface area contributed by atoms with Gasteiger partial charge in [-0.1, -0.05) is 138 Å². The van der Waals surface area contributed by atoms with Crippen molar-refractivity contribution in [1.82, 2.24) is 76.8 Å². The minimum absolute atomic E-state index is 0.0132. The van der Waals surface area contributed by atoms with Gasteiger partial charge in [0, 0.05) is 122 Å². The zero-order valence-corrected chi connectivity index (χ0v) is 75.6. The molecule has 0 radical (unpaired) electrons. The maximum atomic E-state index is 14.1. The predicted octanol–water partition coefficient (Wildman–Crippen LogP) is 6.32. The Hall–Kier alpha value is -13.6. The van der Waals surface area contributed by atoms with Crippen LogP contribution in [0.2, 0.25) is 0 Å². The van der Waals surface area contributed by atoms with Gasteiger partial charge >= 0.3 is 12.0 Å². The number of H-pyrrole nitrogens is 1. The molecule has 0 bridgehead atoms. The van der Waals surface area contributed by atoms with Gasteiger partial charge in [0.15, 0.2) is 5.60 Å². The number of aromatic nitrogens is 4. The van der Waals surface area contributed by atoms with E-state index in [4.69, 9.17) is 28.9 Å². The molecule has 3 atom stereocenters. The smallest absolute Gasteiger partial charge is 0.332 e. The van der Waals surface area contributed by atoms with E-state index in [9.17, 15) is 67.4 Å². The molecule has 694 valence electrons. The van der Waals surface area contributed by atoms with Crippen molar-refractivity contribution >= 4 is 128 Å². The summed E-state index contributed by atoms with van der Waals surface area (Å²) < 4.78 is 26.8. The van der Waals surface area contributed by atoms with E-state index in [-0.39, 0.29) is 82.1 Å². The number of rotatable bonds is 41. The monoisotopic (exact) mass is 1850 g/mol. The van der Waals surface area contributed by atoms with Crippen molar-refractivity contribution in [2.45, 2.75) is 123 Å². The van der Waals surface area contributed by atoms with E-state index in [0.29, 0.717) is 80.1 Å². The fraction of sp³-hybridized carbons (Fsp3) is 0.365. The SMILES string of the molecule is COc1ccc(C#CCNC2(C)CCN(C3CCN(c4nc([C@@](COCNC(=O)CNC(=O)[C@H](Cc5ccccc5)NC(=O)CNC(=O)CNC(=O)CCOCCN5C(=O)C(Sc6ccccc6)=C(Sc6ccccc6)C5=O)(OC5CC5)c5ccccc5)c5cc(-c6cn(C)c(=O)c7[nH]ccc67)ccc5n4)CC3)CC2)cc1N1CCC(=O)N(CNC(=O)[C@H](CC(=O)O)NC(C)=O)C1=O. The topological polar surface area (TPSA) is 438 Å². The summed E-state index contributed by atoms with van der Waals surface area (Å²) in [5.74, 6) is -0.294. The van der Waals surface area contributed by atoms with Crippen LogP contribution in [0, 0.1) is 11.8 Å². The third kappa shape index (κ3) is 24.6. The quantitative estimate of drug-likeness (QED) is 0.00866. The Balaban J connectivity index is 0.582. The van der Waals surface area contributed by atoms with E-state index in [1.165, 1.54) is 35.5 Å². The summed E-state index contributed by atoms with van der Waals surface area (Å²) in [5, 5.41) is 32.1. The first-order chi connectivity index (χ1) is 64.3. The van der Waals surface area contributed by atoms with Crippen molar-refractivity contribution in [1.29, 1.82) is 0 Å². The largest absolute Gasteiger partial charge is 0.495 e. The molecule has 3 aromatic heterocycles. The van der Waals surface area contributed by atoms with Gasteiger partial charge in [-0.25, -0.2) is 19.7 Å². The van der Waals surface area contributed by atoms with E-state index >= 15 is 0 Å². The number of aromatic amines is 1. The van der Waals surface area contributed by atoms with Crippen molar-refractivity contribution in [3.8, 4) is 28.7 Å². The van der Waals surface area contributed by atoms with Crippen molar-refractivity contribution in [3.05, 3.63) is 219 Å². The number of methoxy groups -OCH3 is 1. The molecule has 7 heterocycles. The molecular weight excluding hydrogens is 1740 g/mol. The molecule has 10 N–H and O–H groups in total. The summed E-state index contributed by atoms with van der Waals surface area (Å²) >= 11 is 2.43. The Morgan fingerprint density at radius 3 is 1.98 bits per heavy atom. The molecule has 4 fully saturated rings. The maximum absolute atomic E-state index is 14.1. The Labute approximate surface area is 775 Å². The molecule has 12 amide bonds. The molecule has 3 saturated heterocycles. The summed E-state index contributed by atoms with van der Waals surface area (Å²) in [4.78, 5) is 196. The van der Waals surface area contributed by atoms with E-state index in [2.05, 4.69) is 76.1 Å². The van der Waals surface area contributed by atoms with Crippen LogP contribution >= 0.6 is 23.5 Å². The number of anilines is 2. The second-order valence-electron chi connectivity index (χ2n) is 33.0. The number of carbonyl (C=O) groups is 12. The van der Waals surface area contributed by atoms with Gasteiger partial charge < -0.3 is 85.9 Å². The van der Waals surface area contributed by atoms with Crippen LogP contribution in [0.1, 0.15) is 94.0 Å². The number of likely N-dealkylation sites (tertiary alicyclic amines) is 1. The number of pyridine rings is 1. The Morgan fingerprint density at radius 1 is 0.662 bits per heavy atom. The number of carbonyl (C=O) groups excluding carboxylic acids is 11. The molecule has 1 aliphatic carbocycles. The summed E-state index contributed by atoms with van der Waals surface area (Å²) in [5.41, 5.74) is 3.67. The van der Waals surface area contributed by atoms with Crippen LogP contribution in [0.4, 0.5) is 16.4 Å².